The predicted molar refractivity (Wildman–Crippen MR) is 194 cm³/mol. The number of hydrogen-bond donors (Lipinski definition) is 1. The van der Waals surface area contributed by atoms with E-state index in [0.29, 0.717) is 13.0 Å². The molecule has 0 saturated carbocycles. The quantitative estimate of drug-likeness (QED) is 0.113. The summed E-state index contributed by atoms with van der Waals surface area (Å²) in [6.07, 6.45) is 4.39. The van der Waals surface area contributed by atoms with E-state index in [1.165, 1.54) is 0 Å². The molecule has 256 valence electrons. The summed E-state index contributed by atoms with van der Waals surface area (Å²) in [6.45, 7) is 34.4. The fraction of sp³-hybridized carbons (Fsp3) is 0.758. The van der Waals surface area contributed by atoms with Gasteiger partial charge in [-0.05, 0) is 102 Å². The minimum atomic E-state index is -3.86. The second-order valence-electron chi connectivity index (χ2n) is 16.1. The number of sulfonamides is 1. The van der Waals surface area contributed by atoms with Crippen molar-refractivity contribution in [3.8, 4) is 0 Å². The van der Waals surface area contributed by atoms with Gasteiger partial charge in [0.05, 0.1) is 39.4 Å². The van der Waals surface area contributed by atoms with Crippen molar-refractivity contribution < 1.29 is 21.5 Å². The van der Waals surface area contributed by atoms with Gasteiger partial charge < -0.3 is 8.85 Å². The van der Waals surface area contributed by atoms with Crippen LogP contribution in [-0.4, -0.2) is 63.5 Å². The highest BCUT2D eigenvalue weighted by Crippen LogP contribution is 2.40. The van der Waals surface area contributed by atoms with Crippen molar-refractivity contribution in [1.29, 1.82) is 0 Å². The van der Waals surface area contributed by atoms with Crippen molar-refractivity contribution >= 4 is 37.6 Å². The molecule has 0 spiro atoms. The van der Waals surface area contributed by atoms with E-state index in [0.717, 1.165) is 5.56 Å². The highest BCUT2D eigenvalue weighted by atomic mass is 32.2. The van der Waals surface area contributed by atoms with Crippen molar-refractivity contribution in [3.63, 3.8) is 0 Å². The Morgan fingerprint density at radius 3 is 1.82 bits per heavy atom. The Balaban J connectivity index is 3.36. The Kier molecular flexibility index (Phi) is 14.6. The molecule has 1 aromatic rings. The summed E-state index contributed by atoms with van der Waals surface area (Å²) in [5.41, 5.74) is 0.961. The van der Waals surface area contributed by atoms with E-state index in [1.807, 2.05) is 65.8 Å². The molecule has 0 fully saturated rings. The first-order valence-corrected chi connectivity index (χ1v) is 24.3. The Hall–Kier alpha value is -0.666. The van der Waals surface area contributed by atoms with E-state index in [9.17, 15) is 12.6 Å². The van der Waals surface area contributed by atoms with Crippen molar-refractivity contribution in [2.24, 2.45) is 0 Å². The van der Waals surface area contributed by atoms with Crippen molar-refractivity contribution in [2.75, 3.05) is 13.2 Å². The molecule has 0 aliphatic rings. The summed E-state index contributed by atoms with van der Waals surface area (Å²) < 4.78 is 58.3. The first-order valence-electron chi connectivity index (χ1n) is 15.9. The average molecular weight is 689 g/mol. The van der Waals surface area contributed by atoms with Gasteiger partial charge in [-0.1, -0.05) is 65.8 Å². The van der Waals surface area contributed by atoms with Gasteiger partial charge in [0.25, 0.3) is 0 Å². The van der Waals surface area contributed by atoms with E-state index < -0.39 is 43.7 Å². The third kappa shape index (κ3) is 11.5. The second-order valence-corrected chi connectivity index (χ2v) is 29.6. The van der Waals surface area contributed by atoms with Gasteiger partial charge in [0.1, 0.15) is 0 Å². The molecular weight excluding hydrogens is 625 g/mol. The maximum absolute atomic E-state index is 14.2. The standard InChI is InChI=1S/C33H64N2O5S2Si2/c1-26(2)35(42(37,38)30-22-20-28(21-23-30)27(3)40-44(15,16)33(10,11)12)29(25-39-43(13,14)32(7,8)9)19-17-18-24-34-41(36)31(4,5)6/h17,19-23,26-27,29,34H,18,24-25H2,1-16H3/t27-,29+,41?/m1/s1. The van der Waals surface area contributed by atoms with Gasteiger partial charge in [-0.3, -0.25) is 0 Å². The van der Waals surface area contributed by atoms with Crippen LogP contribution in [0.1, 0.15) is 101 Å². The van der Waals surface area contributed by atoms with Crippen LogP contribution in [0.2, 0.25) is 36.3 Å². The molecule has 0 aromatic heterocycles. The highest BCUT2D eigenvalue weighted by molar-refractivity contribution is 7.89. The Morgan fingerprint density at radius 2 is 1.39 bits per heavy atom. The molecule has 0 bridgehead atoms. The Bertz CT molecular complexity index is 1210. The van der Waals surface area contributed by atoms with Crippen LogP contribution in [0.4, 0.5) is 0 Å². The summed E-state index contributed by atoms with van der Waals surface area (Å²) in [6, 6.07) is 6.36. The molecule has 44 heavy (non-hydrogen) atoms. The van der Waals surface area contributed by atoms with Crippen molar-refractivity contribution in [3.05, 3.63) is 42.0 Å². The SMILES string of the molecule is CC(C)N([C@@H](C=CCCNS(=O)C(C)(C)C)CO[Si](C)(C)C(C)(C)C)S(=O)(=O)c1ccc([C@@H](C)O[Si](C)(C)C(C)(C)C)cc1. The van der Waals surface area contributed by atoms with Crippen molar-refractivity contribution in [1.82, 2.24) is 9.03 Å². The first-order chi connectivity index (χ1) is 19.6. The van der Waals surface area contributed by atoms with E-state index in [1.54, 1.807) is 16.4 Å². The molecule has 0 aliphatic carbocycles. The largest absolute Gasteiger partial charge is 0.415 e. The summed E-state index contributed by atoms with van der Waals surface area (Å²) in [5.74, 6) is 0. The van der Waals surface area contributed by atoms with Gasteiger partial charge in [-0.25, -0.2) is 17.3 Å². The summed E-state index contributed by atoms with van der Waals surface area (Å²) >= 11 is 0. The molecular formula is C33H64N2O5S2Si2. The molecule has 11 heteroatoms. The topological polar surface area (TPSA) is 84.9 Å². The fourth-order valence-corrected chi connectivity index (χ4v) is 8.88. The minimum Gasteiger partial charge on any atom is -0.415 e. The predicted octanol–water partition coefficient (Wildman–Crippen LogP) is 8.56. The Morgan fingerprint density at radius 1 is 0.886 bits per heavy atom. The molecule has 1 rings (SSSR count). The molecule has 0 heterocycles. The van der Waals surface area contributed by atoms with E-state index >= 15 is 0 Å². The lowest BCUT2D eigenvalue weighted by Crippen LogP contribution is -2.49. The third-order valence-corrected chi connectivity index (χ3v) is 21.7. The van der Waals surface area contributed by atoms with Gasteiger partial charge in [-0.2, -0.15) is 4.31 Å². The maximum atomic E-state index is 14.2. The minimum absolute atomic E-state index is 0.0112. The summed E-state index contributed by atoms with van der Waals surface area (Å²) in [4.78, 5) is 0.252. The van der Waals surface area contributed by atoms with Crippen LogP contribution >= 0.6 is 0 Å². The van der Waals surface area contributed by atoms with E-state index in [4.69, 9.17) is 8.85 Å². The molecule has 7 nitrogen and oxygen atoms in total. The van der Waals surface area contributed by atoms with Gasteiger partial charge in [-0.15, -0.1) is 0 Å². The number of benzene rings is 1. The average Bonchev–Trinajstić information content (AvgIpc) is 2.84. The third-order valence-electron chi connectivity index (χ3n) is 8.92. The lowest BCUT2D eigenvalue weighted by molar-refractivity contribution is 0.198. The van der Waals surface area contributed by atoms with Gasteiger partial charge in [0.2, 0.25) is 10.0 Å². The van der Waals surface area contributed by atoms with Gasteiger partial charge in [0.15, 0.2) is 16.6 Å². The maximum Gasteiger partial charge on any atom is 0.243 e. The molecule has 0 aliphatic heterocycles. The normalized spacial score (nSPS) is 16.6. The molecule has 1 unspecified atom stereocenters. The lowest BCUT2D eigenvalue weighted by atomic mass is 10.1. The summed E-state index contributed by atoms with van der Waals surface area (Å²) in [7, 11) is -9.16. The zero-order chi connectivity index (χ0) is 34.5. The molecule has 0 radical (unpaired) electrons. The van der Waals surface area contributed by atoms with Crippen molar-refractivity contribution in [2.45, 2.75) is 154 Å². The zero-order valence-electron chi connectivity index (χ0n) is 30.6. The molecule has 1 aromatic carbocycles. The first kappa shape index (κ1) is 41.4. The lowest BCUT2D eigenvalue weighted by Gasteiger charge is -2.39. The van der Waals surface area contributed by atoms with E-state index in [-0.39, 0.29) is 38.5 Å². The van der Waals surface area contributed by atoms with Gasteiger partial charge in [0, 0.05) is 12.6 Å². The van der Waals surface area contributed by atoms with E-state index in [2.05, 4.69) is 72.5 Å². The van der Waals surface area contributed by atoms with Crippen LogP contribution in [0.3, 0.4) is 0 Å². The Labute approximate surface area is 275 Å². The van der Waals surface area contributed by atoms with Crippen LogP contribution in [0.15, 0.2) is 41.3 Å². The second kappa shape index (κ2) is 15.5. The van der Waals surface area contributed by atoms with Crippen LogP contribution in [0.5, 0.6) is 0 Å². The highest BCUT2D eigenvalue weighted by Gasteiger charge is 2.40. The molecule has 0 saturated heterocycles. The fourth-order valence-electron chi connectivity index (χ4n) is 3.99. The zero-order valence-corrected chi connectivity index (χ0v) is 34.3. The van der Waals surface area contributed by atoms with Crippen LogP contribution < -0.4 is 4.72 Å². The number of nitrogens with zero attached hydrogens (tertiary/aromatic N) is 1. The number of hydrogen-bond acceptors (Lipinski definition) is 5. The molecule has 3 atom stereocenters. The number of rotatable bonds is 15. The monoisotopic (exact) mass is 688 g/mol. The molecule has 1 N–H and O–H groups in total. The van der Waals surface area contributed by atoms with Crippen LogP contribution in [-0.2, 0) is 29.9 Å². The number of nitrogens with one attached hydrogen (secondary N) is 1. The van der Waals surface area contributed by atoms with Crippen LogP contribution in [0, 0.1) is 0 Å². The van der Waals surface area contributed by atoms with Crippen LogP contribution in [0.25, 0.3) is 0 Å². The smallest absolute Gasteiger partial charge is 0.243 e. The van der Waals surface area contributed by atoms with Gasteiger partial charge >= 0.3 is 0 Å². The molecule has 0 amide bonds. The summed E-state index contributed by atoms with van der Waals surface area (Å²) in [5, 5.41) is 0.0692.